The first kappa shape index (κ1) is 17.4. The Hall–Kier alpha value is -2.41. The SMILES string of the molecule is COc1ccc(CCCC(=O)N2CC(n3cc(C(C)O)nn3)C2)cc1. The van der Waals surface area contributed by atoms with Gasteiger partial charge in [-0.25, -0.2) is 4.68 Å². The van der Waals surface area contributed by atoms with Crippen LogP contribution in [-0.4, -0.2) is 51.1 Å². The summed E-state index contributed by atoms with van der Waals surface area (Å²) in [4.78, 5) is 14.1. The first-order valence-electron chi connectivity index (χ1n) is 8.57. The maximum Gasteiger partial charge on any atom is 0.222 e. The van der Waals surface area contributed by atoms with E-state index in [0.29, 0.717) is 25.2 Å². The Bertz CT molecular complexity index is 705. The van der Waals surface area contributed by atoms with E-state index in [1.165, 1.54) is 5.56 Å². The molecule has 25 heavy (non-hydrogen) atoms. The lowest BCUT2D eigenvalue weighted by atomic mass is 10.1. The Kier molecular flexibility index (Phi) is 5.33. The zero-order valence-corrected chi connectivity index (χ0v) is 14.6. The van der Waals surface area contributed by atoms with Crippen molar-refractivity contribution in [2.75, 3.05) is 20.2 Å². The van der Waals surface area contributed by atoms with Gasteiger partial charge in [0.1, 0.15) is 11.4 Å². The minimum Gasteiger partial charge on any atom is -0.497 e. The molecule has 1 fully saturated rings. The maximum atomic E-state index is 12.2. The van der Waals surface area contributed by atoms with Crippen LogP contribution in [0, 0.1) is 0 Å². The van der Waals surface area contributed by atoms with Crippen LogP contribution in [0.5, 0.6) is 5.75 Å². The molecular weight excluding hydrogens is 320 g/mol. The fourth-order valence-corrected chi connectivity index (χ4v) is 2.88. The van der Waals surface area contributed by atoms with Gasteiger partial charge in [-0.05, 0) is 37.5 Å². The van der Waals surface area contributed by atoms with Crippen LogP contribution in [0.25, 0.3) is 0 Å². The number of aliphatic hydroxyl groups is 1. The number of carbonyl (C=O) groups excluding carboxylic acids is 1. The molecular formula is C18H24N4O3. The van der Waals surface area contributed by atoms with Gasteiger partial charge in [-0.3, -0.25) is 4.79 Å². The molecule has 0 spiro atoms. The number of aryl methyl sites for hydroxylation is 1. The summed E-state index contributed by atoms with van der Waals surface area (Å²) >= 11 is 0. The van der Waals surface area contributed by atoms with E-state index >= 15 is 0 Å². The number of benzene rings is 1. The Morgan fingerprint density at radius 1 is 1.36 bits per heavy atom. The van der Waals surface area contributed by atoms with E-state index in [1.807, 2.05) is 29.2 Å². The van der Waals surface area contributed by atoms with Crippen LogP contribution < -0.4 is 4.74 Å². The number of ether oxygens (including phenoxy) is 1. The summed E-state index contributed by atoms with van der Waals surface area (Å²) in [6, 6.07) is 8.11. The van der Waals surface area contributed by atoms with Gasteiger partial charge in [0.05, 0.1) is 25.5 Å². The summed E-state index contributed by atoms with van der Waals surface area (Å²) in [6.07, 6.45) is 3.40. The van der Waals surface area contributed by atoms with Crippen molar-refractivity contribution in [3.63, 3.8) is 0 Å². The van der Waals surface area contributed by atoms with Crippen LogP contribution in [0.2, 0.25) is 0 Å². The number of carbonyl (C=O) groups is 1. The molecule has 1 unspecified atom stereocenters. The summed E-state index contributed by atoms with van der Waals surface area (Å²) in [5.74, 6) is 1.03. The zero-order valence-electron chi connectivity index (χ0n) is 14.6. The van der Waals surface area contributed by atoms with E-state index in [0.717, 1.165) is 18.6 Å². The van der Waals surface area contributed by atoms with Gasteiger partial charge in [-0.15, -0.1) is 5.10 Å². The molecule has 0 saturated carbocycles. The van der Waals surface area contributed by atoms with E-state index in [1.54, 1.807) is 24.9 Å². The molecule has 0 radical (unpaired) electrons. The molecule has 3 rings (SSSR count). The molecule has 134 valence electrons. The van der Waals surface area contributed by atoms with Crippen LogP contribution in [-0.2, 0) is 11.2 Å². The van der Waals surface area contributed by atoms with Crippen LogP contribution in [0.1, 0.15) is 43.2 Å². The minimum atomic E-state index is -0.621. The van der Waals surface area contributed by atoms with Crippen molar-refractivity contribution in [1.29, 1.82) is 0 Å². The smallest absolute Gasteiger partial charge is 0.222 e. The van der Waals surface area contributed by atoms with Gasteiger partial charge in [0.25, 0.3) is 0 Å². The van der Waals surface area contributed by atoms with Gasteiger partial charge in [0.2, 0.25) is 5.91 Å². The largest absolute Gasteiger partial charge is 0.497 e. The molecule has 2 heterocycles. The Morgan fingerprint density at radius 2 is 2.08 bits per heavy atom. The van der Waals surface area contributed by atoms with E-state index in [9.17, 15) is 9.90 Å². The molecule has 0 aliphatic carbocycles. The number of rotatable bonds is 7. The summed E-state index contributed by atoms with van der Waals surface area (Å²) in [5, 5.41) is 17.4. The number of methoxy groups -OCH3 is 1. The van der Waals surface area contributed by atoms with Gasteiger partial charge >= 0.3 is 0 Å². The topological polar surface area (TPSA) is 80.5 Å². The molecule has 7 nitrogen and oxygen atoms in total. The average Bonchev–Trinajstić information content (AvgIpc) is 3.04. The molecule has 1 saturated heterocycles. The minimum absolute atomic E-state index is 0.158. The quantitative estimate of drug-likeness (QED) is 0.828. The molecule has 7 heteroatoms. The third-order valence-corrected chi connectivity index (χ3v) is 4.56. The average molecular weight is 344 g/mol. The van der Waals surface area contributed by atoms with Crippen LogP contribution in [0.15, 0.2) is 30.5 Å². The van der Waals surface area contributed by atoms with Gasteiger partial charge in [0, 0.05) is 19.5 Å². The van der Waals surface area contributed by atoms with Crippen molar-refractivity contribution in [3.8, 4) is 5.75 Å². The third-order valence-electron chi connectivity index (χ3n) is 4.56. The number of hydrogen-bond donors (Lipinski definition) is 1. The van der Waals surface area contributed by atoms with E-state index < -0.39 is 6.10 Å². The van der Waals surface area contributed by atoms with E-state index in [4.69, 9.17) is 4.74 Å². The monoisotopic (exact) mass is 344 g/mol. The summed E-state index contributed by atoms with van der Waals surface area (Å²) < 4.78 is 6.88. The fourth-order valence-electron chi connectivity index (χ4n) is 2.88. The first-order chi connectivity index (χ1) is 12.1. The van der Waals surface area contributed by atoms with Crippen LogP contribution in [0.4, 0.5) is 0 Å². The highest BCUT2D eigenvalue weighted by Crippen LogP contribution is 2.23. The fraction of sp³-hybridized carbons (Fsp3) is 0.500. The maximum absolute atomic E-state index is 12.2. The summed E-state index contributed by atoms with van der Waals surface area (Å²) in [7, 11) is 1.65. The second-order valence-corrected chi connectivity index (χ2v) is 6.45. The predicted octanol–water partition coefficient (Wildman–Crippen LogP) is 1.75. The predicted molar refractivity (Wildman–Crippen MR) is 92.2 cm³/mol. The first-order valence-corrected chi connectivity index (χ1v) is 8.57. The lowest BCUT2D eigenvalue weighted by Crippen LogP contribution is -2.50. The van der Waals surface area contributed by atoms with Gasteiger partial charge in [-0.1, -0.05) is 17.3 Å². The Labute approximate surface area is 147 Å². The molecule has 1 aromatic heterocycles. The number of hydrogen-bond acceptors (Lipinski definition) is 5. The zero-order chi connectivity index (χ0) is 17.8. The Morgan fingerprint density at radius 3 is 2.68 bits per heavy atom. The third kappa shape index (κ3) is 4.17. The number of aromatic nitrogens is 3. The highest BCUT2D eigenvalue weighted by molar-refractivity contribution is 5.77. The van der Waals surface area contributed by atoms with Crippen molar-refractivity contribution < 1.29 is 14.6 Å². The molecule has 1 N–H and O–H groups in total. The summed E-state index contributed by atoms with van der Waals surface area (Å²) in [5.41, 5.74) is 1.77. The van der Waals surface area contributed by atoms with E-state index in [-0.39, 0.29) is 11.9 Å². The highest BCUT2D eigenvalue weighted by atomic mass is 16.5. The van der Waals surface area contributed by atoms with Crippen molar-refractivity contribution in [2.45, 2.75) is 38.3 Å². The number of likely N-dealkylation sites (tertiary alicyclic amines) is 1. The second kappa shape index (κ2) is 7.65. The normalized spacial score (nSPS) is 15.7. The van der Waals surface area contributed by atoms with Crippen molar-refractivity contribution in [2.24, 2.45) is 0 Å². The van der Waals surface area contributed by atoms with Gasteiger partial charge in [0.15, 0.2) is 0 Å². The van der Waals surface area contributed by atoms with Crippen molar-refractivity contribution in [1.82, 2.24) is 19.9 Å². The molecule has 1 atom stereocenters. The van der Waals surface area contributed by atoms with E-state index in [2.05, 4.69) is 10.3 Å². The lowest BCUT2D eigenvalue weighted by Gasteiger charge is -2.39. The molecule has 1 aliphatic heterocycles. The molecule has 1 amide bonds. The van der Waals surface area contributed by atoms with Gasteiger partial charge < -0.3 is 14.7 Å². The highest BCUT2D eigenvalue weighted by Gasteiger charge is 2.32. The van der Waals surface area contributed by atoms with Crippen LogP contribution in [0.3, 0.4) is 0 Å². The number of aliphatic hydroxyl groups excluding tert-OH is 1. The number of amides is 1. The second-order valence-electron chi connectivity index (χ2n) is 6.45. The lowest BCUT2D eigenvalue weighted by molar-refractivity contribution is -0.137. The Balaban J connectivity index is 1.39. The molecule has 1 aliphatic rings. The van der Waals surface area contributed by atoms with Crippen molar-refractivity contribution >= 4 is 5.91 Å². The molecule has 1 aromatic carbocycles. The number of nitrogens with zero attached hydrogens (tertiary/aromatic N) is 4. The molecule has 2 aromatic rings. The van der Waals surface area contributed by atoms with Crippen LogP contribution >= 0.6 is 0 Å². The molecule has 0 bridgehead atoms. The van der Waals surface area contributed by atoms with Crippen molar-refractivity contribution in [3.05, 3.63) is 41.7 Å². The standard InChI is InChI=1S/C18H24N4O3/c1-13(23)17-12-22(20-19-17)15-10-21(11-15)18(24)5-3-4-14-6-8-16(25-2)9-7-14/h6-9,12-13,15,23H,3-5,10-11H2,1-2H3. The van der Waals surface area contributed by atoms with Gasteiger partial charge in [-0.2, -0.15) is 0 Å². The summed E-state index contributed by atoms with van der Waals surface area (Å²) in [6.45, 7) is 2.97.